The molecule has 4 heterocycles. The Labute approximate surface area is 134 Å². The van der Waals surface area contributed by atoms with Gasteiger partial charge in [0.1, 0.15) is 17.2 Å². The molecular formula is C17H17N5O. The van der Waals surface area contributed by atoms with Gasteiger partial charge >= 0.3 is 0 Å². The van der Waals surface area contributed by atoms with E-state index in [1.165, 1.54) is 0 Å². The molecule has 1 aliphatic rings. The predicted molar refractivity (Wildman–Crippen MR) is 87.5 cm³/mol. The summed E-state index contributed by atoms with van der Waals surface area (Å²) in [6, 6.07) is 11.6. The lowest BCUT2D eigenvalue weighted by molar-refractivity contribution is 0.0741. The second-order valence-corrected chi connectivity index (χ2v) is 5.56. The van der Waals surface area contributed by atoms with Crippen molar-refractivity contribution in [3.05, 3.63) is 60.7 Å². The Morgan fingerprint density at radius 2 is 1.83 bits per heavy atom. The van der Waals surface area contributed by atoms with Crippen molar-refractivity contribution in [2.45, 2.75) is 0 Å². The molecule has 0 radical (unpaired) electrons. The molecule has 6 heteroatoms. The van der Waals surface area contributed by atoms with Gasteiger partial charge in [0, 0.05) is 44.8 Å². The molecule has 3 aromatic rings. The lowest BCUT2D eigenvalue weighted by Gasteiger charge is -2.35. The van der Waals surface area contributed by atoms with Crippen LogP contribution in [-0.2, 0) is 0 Å². The molecular weight excluding hydrogens is 290 g/mol. The first kappa shape index (κ1) is 13.8. The average Bonchev–Trinajstić information content (AvgIpc) is 3.06. The molecule has 0 atom stereocenters. The van der Waals surface area contributed by atoms with Crippen LogP contribution >= 0.6 is 0 Å². The molecule has 116 valence electrons. The van der Waals surface area contributed by atoms with Gasteiger partial charge in [0.15, 0.2) is 0 Å². The Balaban J connectivity index is 1.46. The highest BCUT2D eigenvalue weighted by atomic mass is 16.2. The number of nitrogens with zero attached hydrogens (tertiary/aromatic N) is 5. The van der Waals surface area contributed by atoms with Crippen molar-refractivity contribution >= 4 is 17.4 Å². The van der Waals surface area contributed by atoms with Crippen LogP contribution in [0.4, 0.5) is 5.82 Å². The Hall–Kier alpha value is -2.89. The Kier molecular flexibility index (Phi) is 3.42. The summed E-state index contributed by atoms with van der Waals surface area (Å²) < 4.78 is 1.87. The number of pyridine rings is 2. The number of amides is 1. The minimum atomic E-state index is -0.00521. The largest absolute Gasteiger partial charge is 0.353 e. The van der Waals surface area contributed by atoms with Crippen molar-refractivity contribution < 1.29 is 4.79 Å². The van der Waals surface area contributed by atoms with Crippen LogP contribution in [0.1, 0.15) is 10.5 Å². The lowest BCUT2D eigenvalue weighted by atomic mass is 10.2. The minimum absolute atomic E-state index is 0.00521. The van der Waals surface area contributed by atoms with Gasteiger partial charge in [-0.1, -0.05) is 12.1 Å². The van der Waals surface area contributed by atoms with Crippen molar-refractivity contribution in [3.63, 3.8) is 0 Å². The molecule has 1 amide bonds. The number of carbonyl (C=O) groups excluding carboxylic acids is 1. The van der Waals surface area contributed by atoms with Gasteiger partial charge in [-0.2, -0.15) is 0 Å². The molecule has 3 aromatic heterocycles. The molecule has 1 aliphatic heterocycles. The number of aromatic nitrogens is 3. The van der Waals surface area contributed by atoms with Crippen molar-refractivity contribution in [3.8, 4) is 0 Å². The molecule has 0 aliphatic carbocycles. The quantitative estimate of drug-likeness (QED) is 0.723. The second-order valence-electron chi connectivity index (χ2n) is 5.56. The summed E-state index contributed by atoms with van der Waals surface area (Å²) in [7, 11) is 0. The van der Waals surface area contributed by atoms with Crippen LogP contribution in [0.15, 0.2) is 55.0 Å². The summed E-state index contributed by atoms with van der Waals surface area (Å²) in [5, 5.41) is 0. The van der Waals surface area contributed by atoms with E-state index in [1.54, 1.807) is 12.4 Å². The van der Waals surface area contributed by atoms with Crippen LogP contribution in [0.2, 0.25) is 0 Å². The third-order valence-corrected chi connectivity index (χ3v) is 4.12. The van der Waals surface area contributed by atoms with Gasteiger partial charge < -0.3 is 14.2 Å². The molecule has 0 spiro atoms. The fourth-order valence-corrected chi connectivity index (χ4v) is 2.88. The summed E-state index contributed by atoms with van der Waals surface area (Å²) in [6.07, 6.45) is 5.49. The minimum Gasteiger partial charge on any atom is -0.353 e. The van der Waals surface area contributed by atoms with E-state index in [0.29, 0.717) is 18.8 Å². The summed E-state index contributed by atoms with van der Waals surface area (Å²) in [6.45, 7) is 2.94. The molecule has 0 aromatic carbocycles. The topological polar surface area (TPSA) is 53.7 Å². The standard InChI is InChI=1S/C17H17N5O/c23-17(14-13-22-8-4-2-6-16(22)19-14)21-11-9-20(10-12-21)15-5-1-3-7-18-15/h1-8,13H,9-12H2. The van der Waals surface area contributed by atoms with E-state index in [1.807, 2.05) is 51.9 Å². The van der Waals surface area contributed by atoms with Gasteiger partial charge in [0.05, 0.1) is 0 Å². The van der Waals surface area contributed by atoms with Crippen LogP contribution in [0.3, 0.4) is 0 Å². The van der Waals surface area contributed by atoms with Gasteiger partial charge in [-0.15, -0.1) is 0 Å². The van der Waals surface area contributed by atoms with E-state index in [0.717, 1.165) is 24.6 Å². The van der Waals surface area contributed by atoms with E-state index < -0.39 is 0 Å². The van der Waals surface area contributed by atoms with E-state index >= 15 is 0 Å². The zero-order valence-electron chi connectivity index (χ0n) is 12.7. The summed E-state index contributed by atoms with van der Waals surface area (Å²) in [5.74, 6) is 0.960. The van der Waals surface area contributed by atoms with Gasteiger partial charge in [-0.25, -0.2) is 9.97 Å². The number of carbonyl (C=O) groups is 1. The fraction of sp³-hybridized carbons (Fsp3) is 0.235. The smallest absolute Gasteiger partial charge is 0.274 e. The van der Waals surface area contributed by atoms with Crippen LogP contribution < -0.4 is 4.90 Å². The zero-order valence-corrected chi connectivity index (χ0v) is 12.7. The van der Waals surface area contributed by atoms with E-state index in [4.69, 9.17) is 0 Å². The lowest BCUT2D eigenvalue weighted by Crippen LogP contribution is -2.49. The number of hydrogen-bond acceptors (Lipinski definition) is 4. The summed E-state index contributed by atoms with van der Waals surface area (Å²) in [4.78, 5) is 25.5. The monoisotopic (exact) mass is 307 g/mol. The first-order valence-corrected chi connectivity index (χ1v) is 7.70. The predicted octanol–water partition coefficient (Wildman–Crippen LogP) is 1.69. The fourth-order valence-electron chi connectivity index (χ4n) is 2.88. The summed E-state index contributed by atoms with van der Waals surface area (Å²) >= 11 is 0. The molecule has 0 N–H and O–H groups in total. The normalized spacial score (nSPS) is 15.1. The summed E-state index contributed by atoms with van der Waals surface area (Å²) in [5.41, 5.74) is 1.30. The highest BCUT2D eigenvalue weighted by Crippen LogP contribution is 2.14. The zero-order chi connectivity index (χ0) is 15.6. The second kappa shape index (κ2) is 5.72. The highest BCUT2D eigenvalue weighted by Gasteiger charge is 2.24. The van der Waals surface area contributed by atoms with Crippen molar-refractivity contribution in [1.29, 1.82) is 0 Å². The van der Waals surface area contributed by atoms with Crippen LogP contribution in [0.5, 0.6) is 0 Å². The highest BCUT2D eigenvalue weighted by molar-refractivity contribution is 5.93. The molecule has 4 rings (SSSR count). The maximum Gasteiger partial charge on any atom is 0.274 e. The maximum atomic E-state index is 12.6. The van der Waals surface area contributed by atoms with Gasteiger partial charge in [0.25, 0.3) is 5.91 Å². The number of hydrogen-bond donors (Lipinski definition) is 0. The van der Waals surface area contributed by atoms with E-state index in [-0.39, 0.29) is 5.91 Å². The third-order valence-electron chi connectivity index (χ3n) is 4.12. The number of anilines is 1. The number of piperazine rings is 1. The molecule has 0 unspecified atom stereocenters. The Morgan fingerprint density at radius 3 is 2.57 bits per heavy atom. The molecule has 6 nitrogen and oxygen atoms in total. The number of imidazole rings is 1. The van der Waals surface area contributed by atoms with E-state index in [9.17, 15) is 4.79 Å². The van der Waals surface area contributed by atoms with Crippen molar-refractivity contribution in [2.75, 3.05) is 31.1 Å². The van der Waals surface area contributed by atoms with Crippen molar-refractivity contribution in [1.82, 2.24) is 19.3 Å². The van der Waals surface area contributed by atoms with Gasteiger partial charge in [-0.05, 0) is 24.3 Å². The number of fused-ring (bicyclic) bond motifs is 1. The molecule has 1 fully saturated rings. The molecule has 0 saturated carbocycles. The molecule has 1 saturated heterocycles. The van der Waals surface area contributed by atoms with Gasteiger partial charge in [-0.3, -0.25) is 4.79 Å². The van der Waals surface area contributed by atoms with Crippen LogP contribution in [0, 0.1) is 0 Å². The Bertz CT molecular complexity index is 788. The average molecular weight is 307 g/mol. The maximum absolute atomic E-state index is 12.6. The first-order valence-electron chi connectivity index (χ1n) is 7.70. The van der Waals surface area contributed by atoms with Crippen molar-refractivity contribution in [2.24, 2.45) is 0 Å². The molecule has 0 bridgehead atoms. The van der Waals surface area contributed by atoms with Crippen LogP contribution in [-0.4, -0.2) is 51.4 Å². The number of rotatable bonds is 2. The Morgan fingerprint density at radius 1 is 1.00 bits per heavy atom. The van der Waals surface area contributed by atoms with Crippen LogP contribution in [0.25, 0.3) is 5.65 Å². The van der Waals surface area contributed by atoms with E-state index in [2.05, 4.69) is 14.9 Å². The van der Waals surface area contributed by atoms with Gasteiger partial charge in [0.2, 0.25) is 0 Å². The third kappa shape index (κ3) is 2.63. The SMILES string of the molecule is O=C(c1cn2ccccc2n1)N1CCN(c2ccccn2)CC1. The first-order chi connectivity index (χ1) is 11.3. The molecule has 23 heavy (non-hydrogen) atoms.